The van der Waals surface area contributed by atoms with Gasteiger partial charge in [-0.15, -0.1) is 0 Å². The number of nitrogens with one attached hydrogen (secondary N) is 1. The molecule has 2 N–H and O–H groups in total. The molecule has 6 nitrogen and oxygen atoms in total. The number of aliphatic hydroxyl groups excluding tert-OH is 1. The summed E-state index contributed by atoms with van der Waals surface area (Å²) >= 11 is 0. The Bertz CT molecular complexity index is 447. The van der Waals surface area contributed by atoms with Crippen LogP contribution < -0.4 is 0 Å². The van der Waals surface area contributed by atoms with Gasteiger partial charge in [-0.2, -0.15) is 0 Å². The van der Waals surface area contributed by atoms with Crippen molar-refractivity contribution >= 4 is 5.91 Å². The van der Waals surface area contributed by atoms with E-state index < -0.39 is 6.10 Å². The highest BCUT2D eigenvalue weighted by Gasteiger charge is 2.31. The van der Waals surface area contributed by atoms with E-state index in [1.807, 2.05) is 24.9 Å². The quantitative estimate of drug-likeness (QED) is 0.850. The molecule has 1 aromatic rings. The summed E-state index contributed by atoms with van der Waals surface area (Å²) in [6.45, 7) is 9.10. The van der Waals surface area contributed by atoms with Crippen LogP contribution in [0.3, 0.4) is 0 Å². The van der Waals surface area contributed by atoms with Crippen molar-refractivity contribution in [3.63, 3.8) is 0 Å². The Labute approximate surface area is 126 Å². The molecule has 1 aliphatic heterocycles. The van der Waals surface area contributed by atoms with Crippen LogP contribution in [0, 0.1) is 5.92 Å². The summed E-state index contributed by atoms with van der Waals surface area (Å²) in [7, 11) is 0. The number of rotatable bonds is 5. The molecule has 2 heterocycles. The van der Waals surface area contributed by atoms with Gasteiger partial charge in [0.25, 0.3) is 0 Å². The Balaban J connectivity index is 2.02. The van der Waals surface area contributed by atoms with Crippen LogP contribution in [0.15, 0.2) is 12.4 Å². The van der Waals surface area contributed by atoms with Crippen molar-refractivity contribution in [1.82, 2.24) is 19.8 Å². The fourth-order valence-electron chi connectivity index (χ4n) is 2.69. The Morgan fingerprint density at radius 2 is 2.29 bits per heavy atom. The molecule has 0 unspecified atom stereocenters. The predicted octanol–water partition coefficient (Wildman–Crippen LogP) is 1.02. The number of hydrogen-bond donors (Lipinski definition) is 2. The average molecular weight is 294 g/mol. The molecule has 0 radical (unpaired) electrons. The number of imidazole rings is 1. The lowest BCUT2D eigenvalue weighted by Gasteiger charge is -2.40. The van der Waals surface area contributed by atoms with Gasteiger partial charge >= 0.3 is 0 Å². The first-order valence-corrected chi connectivity index (χ1v) is 7.72. The molecule has 0 bridgehead atoms. The topological polar surface area (TPSA) is 72.5 Å². The lowest BCUT2D eigenvalue weighted by Crippen LogP contribution is -2.51. The third kappa shape index (κ3) is 3.83. The first kappa shape index (κ1) is 16.0. The summed E-state index contributed by atoms with van der Waals surface area (Å²) < 4.78 is 0. The van der Waals surface area contributed by atoms with Crippen LogP contribution in [0.5, 0.6) is 0 Å². The number of aliphatic hydroxyl groups is 1. The number of amides is 1. The van der Waals surface area contributed by atoms with Crippen molar-refractivity contribution < 1.29 is 9.90 Å². The second-order valence-electron chi connectivity index (χ2n) is 5.97. The zero-order chi connectivity index (χ0) is 15.4. The van der Waals surface area contributed by atoms with Crippen LogP contribution in [0.25, 0.3) is 0 Å². The molecule has 118 valence electrons. The van der Waals surface area contributed by atoms with Crippen molar-refractivity contribution in [1.29, 1.82) is 0 Å². The maximum absolute atomic E-state index is 12.3. The monoisotopic (exact) mass is 294 g/mol. The maximum atomic E-state index is 12.3. The van der Waals surface area contributed by atoms with Crippen molar-refractivity contribution in [2.45, 2.75) is 39.3 Å². The molecular weight excluding hydrogens is 268 g/mol. The van der Waals surface area contributed by atoms with E-state index >= 15 is 0 Å². The number of likely N-dealkylation sites (N-methyl/N-ethyl adjacent to an activating group) is 1. The van der Waals surface area contributed by atoms with Gasteiger partial charge in [0.05, 0.1) is 18.6 Å². The largest absolute Gasteiger partial charge is 0.392 e. The number of aromatic nitrogens is 2. The summed E-state index contributed by atoms with van der Waals surface area (Å²) in [6.07, 6.45) is 3.19. The Hall–Kier alpha value is -1.40. The fourth-order valence-corrected chi connectivity index (χ4v) is 2.69. The molecule has 1 fully saturated rings. The summed E-state index contributed by atoms with van der Waals surface area (Å²) in [6, 6.07) is 0.110. The number of nitrogens with zero attached hydrogens (tertiary/aromatic N) is 3. The van der Waals surface area contributed by atoms with E-state index in [1.165, 1.54) is 0 Å². The minimum Gasteiger partial charge on any atom is -0.392 e. The van der Waals surface area contributed by atoms with Gasteiger partial charge in [0.1, 0.15) is 5.82 Å². The molecule has 0 spiro atoms. The molecule has 21 heavy (non-hydrogen) atoms. The standard InChI is InChI=1S/C15H26N4O2/c1-4-18-7-8-19(14(21)9-13(20)11(2)3)10-12(18)15-16-5-6-17-15/h5-6,11-13,20H,4,7-10H2,1-3H3,(H,16,17)/t12-,13+/m1/s1. The van der Waals surface area contributed by atoms with Gasteiger partial charge < -0.3 is 15.0 Å². The minimum atomic E-state index is -0.566. The summed E-state index contributed by atoms with van der Waals surface area (Å²) in [5.74, 6) is 1.04. The van der Waals surface area contributed by atoms with Gasteiger partial charge in [-0.3, -0.25) is 9.69 Å². The average Bonchev–Trinajstić information content (AvgIpc) is 3.00. The summed E-state index contributed by atoms with van der Waals surface area (Å²) in [4.78, 5) is 24.0. The molecular formula is C15H26N4O2. The molecule has 2 atom stereocenters. The van der Waals surface area contributed by atoms with E-state index in [4.69, 9.17) is 0 Å². The zero-order valence-electron chi connectivity index (χ0n) is 13.1. The third-order valence-corrected chi connectivity index (χ3v) is 4.24. The smallest absolute Gasteiger partial charge is 0.225 e. The van der Waals surface area contributed by atoms with Crippen LogP contribution in [-0.2, 0) is 4.79 Å². The minimum absolute atomic E-state index is 0.0310. The molecule has 6 heteroatoms. The molecule has 1 aliphatic rings. The second-order valence-corrected chi connectivity index (χ2v) is 5.97. The van der Waals surface area contributed by atoms with Crippen molar-refractivity contribution in [3.05, 3.63) is 18.2 Å². The number of carbonyl (C=O) groups excluding carboxylic acids is 1. The van der Waals surface area contributed by atoms with E-state index in [0.29, 0.717) is 13.1 Å². The van der Waals surface area contributed by atoms with Gasteiger partial charge in [-0.05, 0) is 12.5 Å². The highest BCUT2D eigenvalue weighted by atomic mass is 16.3. The molecule has 0 aromatic carbocycles. The van der Waals surface area contributed by atoms with Crippen LogP contribution in [-0.4, -0.2) is 63.1 Å². The zero-order valence-corrected chi connectivity index (χ0v) is 13.1. The Kier molecular flexibility index (Phi) is 5.36. The van der Waals surface area contributed by atoms with Crippen molar-refractivity contribution in [2.75, 3.05) is 26.2 Å². The van der Waals surface area contributed by atoms with Crippen LogP contribution in [0.4, 0.5) is 0 Å². The molecule has 0 aliphatic carbocycles. The molecule has 2 rings (SSSR count). The van der Waals surface area contributed by atoms with Crippen molar-refractivity contribution in [3.8, 4) is 0 Å². The normalized spacial score (nSPS) is 21.8. The molecule has 1 saturated heterocycles. The Morgan fingerprint density at radius 3 is 2.86 bits per heavy atom. The molecule has 0 saturated carbocycles. The summed E-state index contributed by atoms with van der Waals surface area (Å²) in [5, 5.41) is 9.90. The van der Waals surface area contributed by atoms with E-state index in [0.717, 1.165) is 18.9 Å². The van der Waals surface area contributed by atoms with Gasteiger partial charge in [0, 0.05) is 32.0 Å². The van der Waals surface area contributed by atoms with E-state index in [9.17, 15) is 9.90 Å². The summed E-state index contributed by atoms with van der Waals surface area (Å²) in [5.41, 5.74) is 0. The van der Waals surface area contributed by atoms with E-state index in [1.54, 1.807) is 6.20 Å². The van der Waals surface area contributed by atoms with Crippen LogP contribution >= 0.6 is 0 Å². The Morgan fingerprint density at radius 1 is 1.52 bits per heavy atom. The van der Waals surface area contributed by atoms with Gasteiger partial charge in [0.2, 0.25) is 5.91 Å². The van der Waals surface area contributed by atoms with E-state index in [-0.39, 0.29) is 24.3 Å². The number of aromatic amines is 1. The van der Waals surface area contributed by atoms with Crippen LogP contribution in [0.2, 0.25) is 0 Å². The third-order valence-electron chi connectivity index (χ3n) is 4.24. The first-order chi connectivity index (χ1) is 10.0. The number of hydrogen-bond acceptors (Lipinski definition) is 4. The second kappa shape index (κ2) is 7.04. The molecule has 1 aromatic heterocycles. The maximum Gasteiger partial charge on any atom is 0.225 e. The lowest BCUT2D eigenvalue weighted by molar-refractivity contribution is -0.137. The highest BCUT2D eigenvalue weighted by Crippen LogP contribution is 2.23. The number of piperazine rings is 1. The van der Waals surface area contributed by atoms with Gasteiger partial charge in [-0.25, -0.2) is 4.98 Å². The first-order valence-electron chi connectivity index (χ1n) is 7.72. The van der Waals surface area contributed by atoms with Gasteiger partial charge in [-0.1, -0.05) is 20.8 Å². The SMILES string of the molecule is CCN1CCN(C(=O)C[C@H](O)C(C)C)C[C@@H]1c1ncc[nH]1. The van der Waals surface area contributed by atoms with E-state index in [2.05, 4.69) is 21.8 Å². The lowest BCUT2D eigenvalue weighted by atomic mass is 10.0. The fraction of sp³-hybridized carbons (Fsp3) is 0.733. The number of H-pyrrole nitrogens is 1. The molecule has 1 amide bonds. The number of carbonyl (C=O) groups is 1. The van der Waals surface area contributed by atoms with Gasteiger partial charge in [0.15, 0.2) is 0 Å². The predicted molar refractivity (Wildman–Crippen MR) is 80.6 cm³/mol. The van der Waals surface area contributed by atoms with Crippen LogP contribution in [0.1, 0.15) is 39.1 Å². The highest BCUT2D eigenvalue weighted by molar-refractivity contribution is 5.76. The van der Waals surface area contributed by atoms with Crippen molar-refractivity contribution in [2.24, 2.45) is 5.92 Å².